The Balaban J connectivity index is 1.11. The number of carbonyl (C=O) groups excluding carboxylic acids is 2. The number of nitrogens with one attached hydrogen (secondary N) is 2. The van der Waals surface area contributed by atoms with Gasteiger partial charge in [0.1, 0.15) is 12.4 Å². The number of hydrogen-bond donors (Lipinski definition) is 2. The summed E-state index contributed by atoms with van der Waals surface area (Å²) in [5.74, 6) is 1.38. The quantitative estimate of drug-likeness (QED) is 0.533. The molecular weight excluding hydrogens is 464 g/mol. The number of hydrogen-bond acceptors (Lipinski definition) is 5. The van der Waals surface area contributed by atoms with Crippen molar-refractivity contribution in [2.45, 2.75) is 51.2 Å². The molecule has 3 unspecified atom stereocenters. The van der Waals surface area contributed by atoms with Crippen LogP contribution >= 0.6 is 0 Å². The highest BCUT2D eigenvalue weighted by atomic mass is 16.5. The van der Waals surface area contributed by atoms with Gasteiger partial charge in [-0.3, -0.25) is 20.0 Å². The molecule has 3 aliphatic rings. The van der Waals surface area contributed by atoms with Crippen molar-refractivity contribution in [2.24, 2.45) is 11.8 Å². The number of ether oxygens (including phenoxy) is 1. The summed E-state index contributed by atoms with van der Waals surface area (Å²) in [5.41, 5.74) is 11.4. The van der Waals surface area contributed by atoms with Crippen molar-refractivity contribution in [3.63, 3.8) is 0 Å². The first-order chi connectivity index (χ1) is 18.2. The molecule has 2 amide bonds. The Morgan fingerprint density at radius 2 is 1.92 bits per heavy atom. The maximum absolute atomic E-state index is 13.3. The van der Waals surface area contributed by atoms with Gasteiger partial charge in [0.25, 0.3) is 0 Å². The molecule has 0 bridgehead atoms. The number of aromatic nitrogens is 1. The fourth-order valence-electron chi connectivity index (χ4n) is 6.03. The van der Waals surface area contributed by atoms with E-state index in [1.54, 1.807) is 12.4 Å². The number of fused-ring (bicyclic) bond motifs is 2. The first kappa shape index (κ1) is 23.7. The summed E-state index contributed by atoms with van der Waals surface area (Å²) < 4.78 is 5.97. The summed E-state index contributed by atoms with van der Waals surface area (Å²) in [5, 5.41) is 0. The number of pyridine rings is 1. The van der Waals surface area contributed by atoms with E-state index in [4.69, 9.17) is 4.74 Å². The molecule has 1 aliphatic carbocycles. The molecule has 1 aromatic heterocycles. The highest BCUT2D eigenvalue weighted by Gasteiger charge is 2.40. The van der Waals surface area contributed by atoms with Gasteiger partial charge < -0.3 is 9.64 Å². The first-order valence-corrected chi connectivity index (χ1v) is 13.2. The van der Waals surface area contributed by atoms with E-state index in [0.717, 1.165) is 53.8 Å². The van der Waals surface area contributed by atoms with Crippen LogP contribution in [0.4, 0.5) is 5.69 Å². The van der Waals surface area contributed by atoms with Crippen LogP contribution in [0.2, 0.25) is 0 Å². The van der Waals surface area contributed by atoms with Crippen LogP contribution in [0.1, 0.15) is 54.0 Å². The molecule has 0 spiro atoms. The maximum Gasteiger partial charge on any atom is 0.237 e. The van der Waals surface area contributed by atoms with Crippen molar-refractivity contribution in [3.8, 4) is 5.75 Å². The van der Waals surface area contributed by atoms with E-state index < -0.39 is 0 Å². The Morgan fingerprint density at radius 3 is 2.76 bits per heavy atom. The van der Waals surface area contributed by atoms with Gasteiger partial charge >= 0.3 is 0 Å². The Bertz CT molecular complexity index is 1280. The van der Waals surface area contributed by atoms with Crippen molar-refractivity contribution in [1.29, 1.82) is 0 Å². The zero-order valence-corrected chi connectivity index (χ0v) is 20.9. The van der Waals surface area contributed by atoms with Gasteiger partial charge in [0, 0.05) is 36.5 Å². The highest BCUT2D eigenvalue weighted by Crippen LogP contribution is 2.40. The lowest BCUT2D eigenvalue weighted by atomic mass is 9.72. The Morgan fingerprint density at radius 1 is 1.05 bits per heavy atom. The monoisotopic (exact) mass is 496 g/mol. The number of anilines is 1. The van der Waals surface area contributed by atoms with Crippen LogP contribution < -0.4 is 20.5 Å². The average molecular weight is 497 g/mol. The van der Waals surface area contributed by atoms with Crippen molar-refractivity contribution in [1.82, 2.24) is 15.8 Å². The minimum Gasteiger partial charge on any atom is -0.489 e. The smallest absolute Gasteiger partial charge is 0.237 e. The number of carbonyl (C=O) groups is 2. The van der Waals surface area contributed by atoms with Crippen LogP contribution in [0.3, 0.4) is 0 Å². The second-order valence-corrected chi connectivity index (χ2v) is 10.3. The number of rotatable bonds is 6. The molecule has 6 rings (SSSR count). The molecule has 2 aromatic carbocycles. The molecule has 3 aromatic rings. The maximum atomic E-state index is 13.3. The van der Waals surface area contributed by atoms with E-state index in [0.29, 0.717) is 25.5 Å². The van der Waals surface area contributed by atoms with Crippen LogP contribution in [0, 0.1) is 11.8 Å². The second-order valence-electron chi connectivity index (χ2n) is 10.3. The molecular formula is C30H32N4O3. The van der Waals surface area contributed by atoms with Crippen molar-refractivity contribution in [3.05, 3.63) is 89.2 Å². The van der Waals surface area contributed by atoms with E-state index in [9.17, 15) is 9.59 Å². The van der Waals surface area contributed by atoms with Crippen LogP contribution in [-0.2, 0) is 29.0 Å². The van der Waals surface area contributed by atoms with Crippen LogP contribution in [0.5, 0.6) is 5.75 Å². The topological polar surface area (TPSA) is 83.6 Å². The SMILES string of the molecule is O=C1NNC(c2ccc(CC(=O)N3CCc4ccc(OCc5cccnc5)cc43)cc2)C2CCCCC12. The second kappa shape index (κ2) is 10.3. The minimum absolute atomic E-state index is 0.0892. The average Bonchev–Trinajstić information content (AvgIpc) is 3.37. The predicted octanol–water partition coefficient (Wildman–Crippen LogP) is 4.27. The summed E-state index contributed by atoms with van der Waals surface area (Å²) in [6, 6.07) is 18.3. The summed E-state index contributed by atoms with van der Waals surface area (Å²) in [4.78, 5) is 31.6. The predicted molar refractivity (Wildman–Crippen MR) is 141 cm³/mol. The molecule has 1 saturated heterocycles. The Labute approximate surface area is 217 Å². The van der Waals surface area contributed by atoms with Crippen LogP contribution in [-0.4, -0.2) is 23.3 Å². The normalized spacial score (nSPS) is 22.6. The summed E-state index contributed by atoms with van der Waals surface area (Å²) in [6.07, 6.45) is 9.07. The van der Waals surface area contributed by atoms with Gasteiger partial charge in [0.05, 0.1) is 18.2 Å². The van der Waals surface area contributed by atoms with Crippen LogP contribution in [0.15, 0.2) is 67.0 Å². The molecule has 37 heavy (non-hydrogen) atoms. The number of hydrazine groups is 1. The third-order valence-corrected chi connectivity index (χ3v) is 8.01. The molecule has 2 N–H and O–H groups in total. The molecule has 190 valence electrons. The van der Waals surface area contributed by atoms with Gasteiger partial charge in [0.2, 0.25) is 11.8 Å². The summed E-state index contributed by atoms with van der Waals surface area (Å²) in [6.45, 7) is 1.13. The van der Waals surface area contributed by atoms with Gasteiger partial charge in [-0.15, -0.1) is 0 Å². The van der Waals surface area contributed by atoms with Crippen molar-refractivity contribution in [2.75, 3.05) is 11.4 Å². The third kappa shape index (κ3) is 4.96. The number of amides is 2. The van der Waals surface area contributed by atoms with Crippen molar-refractivity contribution >= 4 is 17.5 Å². The zero-order valence-electron chi connectivity index (χ0n) is 20.9. The van der Waals surface area contributed by atoms with E-state index >= 15 is 0 Å². The van der Waals surface area contributed by atoms with E-state index in [-0.39, 0.29) is 23.8 Å². The molecule has 3 atom stereocenters. The van der Waals surface area contributed by atoms with Crippen molar-refractivity contribution < 1.29 is 14.3 Å². The summed E-state index contributed by atoms with van der Waals surface area (Å²) in [7, 11) is 0. The Hall–Kier alpha value is -3.71. The van der Waals surface area contributed by atoms with E-state index in [1.807, 2.05) is 41.3 Å². The molecule has 1 saturated carbocycles. The largest absolute Gasteiger partial charge is 0.489 e. The van der Waals surface area contributed by atoms with Gasteiger partial charge in [-0.2, -0.15) is 0 Å². The first-order valence-electron chi connectivity index (χ1n) is 13.2. The summed E-state index contributed by atoms with van der Waals surface area (Å²) >= 11 is 0. The number of benzene rings is 2. The van der Waals surface area contributed by atoms with Crippen LogP contribution in [0.25, 0.3) is 0 Å². The molecule has 2 aliphatic heterocycles. The van der Waals surface area contributed by atoms with E-state index in [2.05, 4.69) is 34.0 Å². The highest BCUT2D eigenvalue weighted by molar-refractivity contribution is 5.97. The standard InChI is InChI=1S/C30H32N4O3/c35-28(34-15-13-22-11-12-24(17-27(22)34)37-19-21-4-3-14-31-18-21)16-20-7-9-23(10-8-20)29-25-5-1-2-6-26(25)30(36)33-32-29/h3-4,7-12,14,17-18,25-26,29,32H,1-2,5-6,13,15-16,19H2,(H,33,36). The van der Waals surface area contributed by atoms with Gasteiger partial charge in [-0.1, -0.05) is 49.2 Å². The molecule has 7 heteroatoms. The van der Waals surface area contributed by atoms with Gasteiger partial charge in [-0.25, -0.2) is 5.43 Å². The van der Waals surface area contributed by atoms with Gasteiger partial charge in [0.15, 0.2) is 0 Å². The molecule has 7 nitrogen and oxygen atoms in total. The lowest BCUT2D eigenvalue weighted by Gasteiger charge is -2.41. The Kier molecular flexibility index (Phi) is 6.62. The molecule has 3 heterocycles. The fraction of sp³-hybridized carbons (Fsp3) is 0.367. The third-order valence-electron chi connectivity index (χ3n) is 8.01. The minimum atomic E-state index is 0.0892. The lowest BCUT2D eigenvalue weighted by molar-refractivity contribution is -0.133. The zero-order chi connectivity index (χ0) is 25.2. The lowest BCUT2D eigenvalue weighted by Crippen LogP contribution is -2.55. The fourth-order valence-corrected chi connectivity index (χ4v) is 6.03. The van der Waals surface area contributed by atoms with Gasteiger partial charge in [-0.05, 0) is 54.0 Å². The van der Waals surface area contributed by atoms with E-state index in [1.165, 1.54) is 12.0 Å². The molecule has 0 radical (unpaired) electrons. The molecule has 2 fully saturated rings. The number of nitrogens with zero attached hydrogens (tertiary/aromatic N) is 2.